The van der Waals surface area contributed by atoms with E-state index in [4.69, 9.17) is 4.74 Å². The smallest absolute Gasteiger partial charge is 0.334 e. The van der Waals surface area contributed by atoms with Crippen LogP contribution in [0.1, 0.15) is 53.4 Å². The van der Waals surface area contributed by atoms with Crippen molar-refractivity contribution in [3.05, 3.63) is 22.8 Å². The number of aliphatic hydroxyl groups is 2. The zero-order chi connectivity index (χ0) is 17.4. The van der Waals surface area contributed by atoms with Crippen molar-refractivity contribution in [2.75, 3.05) is 0 Å². The second-order valence-electron chi connectivity index (χ2n) is 9.12. The molecule has 2 fully saturated rings. The summed E-state index contributed by atoms with van der Waals surface area (Å²) in [6, 6.07) is 0. The first-order chi connectivity index (χ1) is 11.2. The molecule has 0 saturated heterocycles. The summed E-state index contributed by atoms with van der Waals surface area (Å²) in [6.45, 7) is 8.30. The minimum atomic E-state index is -0.689. The van der Waals surface area contributed by atoms with Crippen LogP contribution in [-0.4, -0.2) is 34.5 Å². The molecule has 4 aliphatic rings. The number of ether oxygens (including phenoxy) is 1. The predicted molar refractivity (Wildman–Crippen MR) is 90.0 cm³/mol. The monoisotopic (exact) mass is 332 g/mol. The molecule has 0 unspecified atom stereocenters. The average Bonchev–Trinajstić information content (AvgIpc) is 2.78. The standard InChI is InChI=1S/C20H28O4/c1-10-12-7-11-5-6-16-19(2,3)17(22)14(21)9-20(16,4)13(11)8-15(12)24-18(10)23/h7,13-17,21-22H,5-6,8-9H2,1-4H3/t13-,14-,15-,16-,17-,20+/m1/s1. The van der Waals surface area contributed by atoms with Gasteiger partial charge >= 0.3 is 5.97 Å². The van der Waals surface area contributed by atoms with Crippen molar-refractivity contribution in [1.29, 1.82) is 0 Å². The van der Waals surface area contributed by atoms with Crippen LogP contribution >= 0.6 is 0 Å². The topological polar surface area (TPSA) is 66.8 Å². The summed E-state index contributed by atoms with van der Waals surface area (Å²) < 4.78 is 5.58. The fraction of sp³-hybridized carbons (Fsp3) is 0.750. The number of hydrogen-bond donors (Lipinski definition) is 2. The Bertz CT molecular complexity index is 659. The highest BCUT2D eigenvalue weighted by molar-refractivity contribution is 5.92. The number of fused-ring (bicyclic) bond motifs is 4. The van der Waals surface area contributed by atoms with E-state index in [2.05, 4.69) is 26.8 Å². The first-order valence-corrected chi connectivity index (χ1v) is 9.14. The molecular weight excluding hydrogens is 304 g/mol. The Hall–Kier alpha value is -1.13. The Morgan fingerprint density at radius 2 is 1.96 bits per heavy atom. The van der Waals surface area contributed by atoms with Gasteiger partial charge in [0.05, 0.1) is 12.2 Å². The van der Waals surface area contributed by atoms with E-state index >= 15 is 0 Å². The fourth-order valence-corrected chi connectivity index (χ4v) is 6.28. The van der Waals surface area contributed by atoms with Crippen molar-refractivity contribution in [3.8, 4) is 0 Å². The number of hydrogen-bond acceptors (Lipinski definition) is 4. The summed E-state index contributed by atoms with van der Waals surface area (Å²) in [5.41, 5.74) is 2.83. The third-order valence-corrected chi connectivity index (χ3v) is 7.56. The SMILES string of the molecule is CC1=C2C=C3CC[C@@H]4C(C)(C)[C@H](O)[C@H](O)C[C@@]4(C)[C@@H]3C[C@H]2OC1=O. The van der Waals surface area contributed by atoms with Gasteiger partial charge in [0, 0.05) is 11.1 Å². The van der Waals surface area contributed by atoms with E-state index in [-0.39, 0.29) is 22.9 Å². The van der Waals surface area contributed by atoms with E-state index in [1.165, 1.54) is 5.57 Å². The van der Waals surface area contributed by atoms with Gasteiger partial charge in [-0.1, -0.05) is 32.4 Å². The number of rotatable bonds is 0. The number of carbonyl (C=O) groups excluding carboxylic acids is 1. The molecule has 0 amide bonds. The van der Waals surface area contributed by atoms with E-state index < -0.39 is 12.2 Å². The maximum Gasteiger partial charge on any atom is 0.334 e. The van der Waals surface area contributed by atoms with Crippen molar-refractivity contribution in [1.82, 2.24) is 0 Å². The lowest BCUT2D eigenvalue weighted by Gasteiger charge is -2.61. The van der Waals surface area contributed by atoms with Crippen LogP contribution in [0.2, 0.25) is 0 Å². The van der Waals surface area contributed by atoms with Gasteiger partial charge in [0.2, 0.25) is 0 Å². The Kier molecular flexibility index (Phi) is 3.37. The third kappa shape index (κ3) is 1.96. The zero-order valence-corrected chi connectivity index (χ0v) is 15.0. The van der Waals surface area contributed by atoms with Gasteiger partial charge in [-0.05, 0) is 55.3 Å². The molecule has 4 nitrogen and oxygen atoms in total. The summed E-state index contributed by atoms with van der Waals surface area (Å²) >= 11 is 0. The Labute approximate surface area is 143 Å². The van der Waals surface area contributed by atoms with Gasteiger partial charge in [0.1, 0.15) is 6.10 Å². The van der Waals surface area contributed by atoms with Crippen molar-refractivity contribution in [3.63, 3.8) is 0 Å². The minimum Gasteiger partial charge on any atom is -0.454 e. The third-order valence-electron chi connectivity index (χ3n) is 7.56. The van der Waals surface area contributed by atoms with E-state index in [0.717, 1.165) is 30.4 Å². The molecule has 132 valence electrons. The molecule has 0 aromatic heterocycles. The largest absolute Gasteiger partial charge is 0.454 e. The molecule has 0 radical (unpaired) electrons. The van der Waals surface area contributed by atoms with Gasteiger partial charge in [-0.3, -0.25) is 0 Å². The molecule has 1 heterocycles. The molecule has 0 aromatic carbocycles. The highest BCUT2D eigenvalue weighted by Crippen LogP contribution is 2.63. The molecule has 4 rings (SSSR count). The molecule has 3 aliphatic carbocycles. The maximum absolute atomic E-state index is 11.9. The second-order valence-corrected chi connectivity index (χ2v) is 9.12. The number of aliphatic hydroxyl groups excluding tert-OH is 2. The van der Waals surface area contributed by atoms with E-state index in [0.29, 0.717) is 18.3 Å². The lowest BCUT2D eigenvalue weighted by Crippen LogP contribution is -2.60. The summed E-state index contributed by atoms with van der Waals surface area (Å²) in [4.78, 5) is 11.9. The average molecular weight is 332 g/mol. The molecule has 2 saturated carbocycles. The maximum atomic E-state index is 11.9. The number of allylic oxidation sites excluding steroid dienone is 1. The van der Waals surface area contributed by atoms with Crippen LogP contribution in [-0.2, 0) is 9.53 Å². The van der Waals surface area contributed by atoms with Gasteiger partial charge in [0.15, 0.2) is 0 Å². The molecule has 0 spiro atoms. The summed E-state index contributed by atoms with van der Waals surface area (Å²) in [5, 5.41) is 21.0. The molecule has 24 heavy (non-hydrogen) atoms. The first kappa shape index (κ1) is 16.3. The number of carbonyl (C=O) groups is 1. The highest BCUT2D eigenvalue weighted by atomic mass is 16.5. The lowest BCUT2D eigenvalue weighted by atomic mass is 9.45. The summed E-state index contributed by atoms with van der Waals surface area (Å²) in [7, 11) is 0. The van der Waals surface area contributed by atoms with E-state index in [1.807, 2.05) is 6.92 Å². The molecule has 0 bridgehead atoms. The quantitative estimate of drug-likeness (QED) is 0.670. The fourth-order valence-electron chi connectivity index (χ4n) is 6.28. The number of esters is 1. The second kappa shape index (κ2) is 4.95. The van der Waals surface area contributed by atoms with Crippen LogP contribution < -0.4 is 0 Å². The molecular formula is C20H28O4. The van der Waals surface area contributed by atoms with Gasteiger partial charge in [-0.15, -0.1) is 0 Å². The van der Waals surface area contributed by atoms with Crippen LogP contribution in [0.4, 0.5) is 0 Å². The van der Waals surface area contributed by atoms with Crippen LogP contribution in [0.3, 0.4) is 0 Å². The molecule has 0 aromatic rings. The van der Waals surface area contributed by atoms with Gasteiger partial charge in [0.25, 0.3) is 0 Å². The highest BCUT2D eigenvalue weighted by Gasteiger charge is 2.60. The molecule has 2 N–H and O–H groups in total. The zero-order valence-electron chi connectivity index (χ0n) is 15.0. The van der Waals surface area contributed by atoms with Crippen LogP contribution in [0.15, 0.2) is 22.8 Å². The van der Waals surface area contributed by atoms with Crippen molar-refractivity contribution >= 4 is 5.97 Å². The molecule has 4 heteroatoms. The van der Waals surface area contributed by atoms with Gasteiger partial charge in [-0.25, -0.2) is 4.79 Å². The molecule has 1 aliphatic heterocycles. The van der Waals surface area contributed by atoms with Crippen molar-refractivity contribution in [2.45, 2.75) is 71.7 Å². The van der Waals surface area contributed by atoms with E-state index in [1.54, 1.807) is 0 Å². The van der Waals surface area contributed by atoms with Crippen molar-refractivity contribution in [2.24, 2.45) is 22.7 Å². The van der Waals surface area contributed by atoms with Crippen LogP contribution in [0.25, 0.3) is 0 Å². The molecule has 6 atom stereocenters. The van der Waals surface area contributed by atoms with Gasteiger partial charge < -0.3 is 14.9 Å². The normalized spacial score (nSPS) is 46.7. The van der Waals surface area contributed by atoms with E-state index in [9.17, 15) is 15.0 Å². The van der Waals surface area contributed by atoms with Crippen LogP contribution in [0, 0.1) is 22.7 Å². The Morgan fingerprint density at radius 3 is 2.67 bits per heavy atom. The Balaban J connectivity index is 1.75. The summed E-state index contributed by atoms with van der Waals surface area (Å²) in [5.74, 6) is 0.478. The minimum absolute atomic E-state index is 0.0688. The lowest BCUT2D eigenvalue weighted by molar-refractivity contribution is -0.183. The Morgan fingerprint density at radius 1 is 1.25 bits per heavy atom. The van der Waals surface area contributed by atoms with Gasteiger partial charge in [-0.2, -0.15) is 0 Å². The van der Waals surface area contributed by atoms with Crippen molar-refractivity contribution < 1.29 is 19.7 Å². The first-order valence-electron chi connectivity index (χ1n) is 9.14. The predicted octanol–water partition coefficient (Wildman–Crippen LogP) is 2.74. The van der Waals surface area contributed by atoms with Crippen LogP contribution in [0.5, 0.6) is 0 Å². The summed E-state index contributed by atoms with van der Waals surface area (Å²) in [6.07, 6.45) is 4.17.